The van der Waals surface area contributed by atoms with Gasteiger partial charge in [0.1, 0.15) is 11.5 Å². The van der Waals surface area contributed by atoms with E-state index in [2.05, 4.69) is 5.10 Å². The number of benzene rings is 2. The molecule has 1 fully saturated rings. The topological polar surface area (TPSA) is 82.5 Å². The summed E-state index contributed by atoms with van der Waals surface area (Å²) in [5.74, 6) is 0.526. The first kappa shape index (κ1) is 22.5. The first-order valence-electron chi connectivity index (χ1n) is 11.2. The Bertz CT molecular complexity index is 1050. The van der Waals surface area contributed by atoms with E-state index in [9.17, 15) is 14.4 Å². The molecule has 0 spiro atoms. The Hall–Kier alpha value is -3.68. The van der Waals surface area contributed by atoms with E-state index in [0.29, 0.717) is 51.3 Å². The van der Waals surface area contributed by atoms with Crippen LogP contribution < -0.4 is 4.74 Å². The van der Waals surface area contributed by atoms with E-state index >= 15 is 0 Å². The van der Waals surface area contributed by atoms with Crippen molar-refractivity contribution in [2.75, 3.05) is 33.3 Å². The van der Waals surface area contributed by atoms with E-state index in [4.69, 9.17) is 4.74 Å². The van der Waals surface area contributed by atoms with E-state index in [1.54, 1.807) is 16.9 Å². The normalized spacial score (nSPS) is 16.5. The standard InChI is InChI=1S/C25H28N4O4/c1-33-21-9-5-8-20(16-21)17-24(31)27-12-14-28(15-13-27)25(32)22-10-11-23(30)29(26-22)18-19-6-3-2-4-7-19/h2-9,16H,10-15,17-18H2,1H3. The molecule has 0 aliphatic carbocycles. The third-order valence-corrected chi connectivity index (χ3v) is 5.94. The summed E-state index contributed by atoms with van der Waals surface area (Å²) in [5.41, 5.74) is 2.27. The summed E-state index contributed by atoms with van der Waals surface area (Å²) in [4.78, 5) is 41.6. The fourth-order valence-corrected chi connectivity index (χ4v) is 4.05. The molecule has 2 aromatic rings. The number of carbonyl (C=O) groups is 3. The molecule has 1 saturated heterocycles. The van der Waals surface area contributed by atoms with Gasteiger partial charge in [-0.05, 0) is 23.3 Å². The molecule has 2 heterocycles. The van der Waals surface area contributed by atoms with Gasteiger partial charge in [0.15, 0.2) is 0 Å². The van der Waals surface area contributed by atoms with Crippen molar-refractivity contribution in [3.8, 4) is 5.75 Å². The minimum absolute atomic E-state index is 0.0324. The Balaban J connectivity index is 1.33. The molecule has 2 aliphatic rings. The van der Waals surface area contributed by atoms with Crippen LogP contribution in [0.3, 0.4) is 0 Å². The zero-order valence-electron chi connectivity index (χ0n) is 18.8. The number of amides is 3. The van der Waals surface area contributed by atoms with Gasteiger partial charge < -0.3 is 14.5 Å². The van der Waals surface area contributed by atoms with Gasteiger partial charge in [-0.2, -0.15) is 5.10 Å². The molecule has 172 valence electrons. The maximum Gasteiger partial charge on any atom is 0.270 e. The Kier molecular flexibility index (Phi) is 7.02. The Morgan fingerprint density at radius 1 is 0.909 bits per heavy atom. The van der Waals surface area contributed by atoms with Crippen molar-refractivity contribution in [3.63, 3.8) is 0 Å². The van der Waals surface area contributed by atoms with Gasteiger partial charge in [-0.15, -0.1) is 0 Å². The zero-order chi connectivity index (χ0) is 23.2. The number of carbonyl (C=O) groups excluding carboxylic acids is 3. The smallest absolute Gasteiger partial charge is 0.270 e. The maximum atomic E-state index is 13.0. The molecule has 2 aromatic carbocycles. The van der Waals surface area contributed by atoms with E-state index < -0.39 is 0 Å². The lowest BCUT2D eigenvalue weighted by molar-refractivity contribution is -0.136. The van der Waals surface area contributed by atoms with E-state index in [-0.39, 0.29) is 24.1 Å². The van der Waals surface area contributed by atoms with Crippen molar-refractivity contribution in [3.05, 3.63) is 65.7 Å². The molecule has 2 aliphatic heterocycles. The summed E-state index contributed by atoms with van der Waals surface area (Å²) < 4.78 is 5.22. The average molecular weight is 449 g/mol. The highest BCUT2D eigenvalue weighted by Gasteiger charge is 2.30. The molecular weight excluding hydrogens is 420 g/mol. The molecular formula is C25H28N4O4. The van der Waals surface area contributed by atoms with Gasteiger partial charge in [-0.25, -0.2) is 5.01 Å². The molecule has 0 radical (unpaired) electrons. The van der Waals surface area contributed by atoms with Crippen LogP contribution in [0.15, 0.2) is 59.7 Å². The Morgan fingerprint density at radius 3 is 2.33 bits per heavy atom. The van der Waals surface area contributed by atoms with Crippen LogP contribution in [0.4, 0.5) is 0 Å². The number of hydrogen-bond donors (Lipinski definition) is 0. The number of rotatable bonds is 6. The van der Waals surface area contributed by atoms with Gasteiger partial charge in [0.05, 0.1) is 20.1 Å². The van der Waals surface area contributed by atoms with Crippen molar-refractivity contribution >= 4 is 23.4 Å². The van der Waals surface area contributed by atoms with Crippen LogP contribution in [0.5, 0.6) is 5.75 Å². The van der Waals surface area contributed by atoms with Crippen LogP contribution in [-0.2, 0) is 27.3 Å². The Morgan fingerprint density at radius 2 is 1.61 bits per heavy atom. The van der Waals surface area contributed by atoms with Crippen LogP contribution in [0.2, 0.25) is 0 Å². The number of hydrazone groups is 1. The van der Waals surface area contributed by atoms with Gasteiger partial charge >= 0.3 is 0 Å². The van der Waals surface area contributed by atoms with Gasteiger partial charge in [-0.1, -0.05) is 42.5 Å². The van der Waals surface area contributed by atoms with E-state index in [1.165, 1.54) is 5.01 Å². The molecule has 0 atom stereocenters. The van der Waals surface area contributed by atoms with Crippen molar-refractivity contribution in [1.29, 1.82) is 0 Å². The molecule has 4 rings (SSSR count). The molecule has 3 amide bonds. The maximum absolute atomic E-state index is 13.0. The summed E-state index contributed by atoms with van der Waals surface area (Å²) in [6.07, 6.45) is 0.919. The molecule has 0 N–H and O–H groups in total. The molecule has 0 bridgehead atoms. The number of ether oxygens (including phenoxy) is 1. The lowest BCUT2D eigenvalue weighted by atomic mass is 10.1. The number of hydrogen-bond acceptors (Lipinski definition) is 5. The largest absolute Gasteiger partial charge is 0.497 e. The van der Waals surface area contributed by atoms with E-state index in [1.807, 2.05) is 54.6 Å². The third kappa shape index (κ3) is 5.58. The summed E-state index contributed by atoms with van der Waals surface area (Å²) in [6.45, 7) is 2.22. The summed E-state index contributed by atoms with van der Waals surface area (Å²) >= 11 is 0. The van der Waals surface area contributed by atoms with Gasteiger partial charge in [0.2, 0.25) is 11.8 Å². The highest BCUT2D eigenvalue weighted by atomic mass is 16.5. The predicted molar refractivity (Wildman–Crippen MR) is 124 cm³/mol. The van der Waals surface area contributed by atoms with Crippen LogP contribution in [0, 0.1) is 0 Å². The Labute approximate surface area is 193 Å². The van der Waals surface area contributed by atoms with E-state index in [0.717, 1.165) is 16.9 Å². The second-order valence-electron chi connectivity index (χ2n) is 8.18. The highest BCUT2D eigenvalue weighted by Crippen LogP contribution is 2.17. The highest BCUT2D eigenvalue weighted by molar-refractivity contribution is 6.39. The molecule has 0 saturated carbocycles. The van der Waals surface area contributed by atoms with Crippen LogP contribution in [0.25, 0.3) is 0 Å². The van der Waals surface area contributed by atoms with Crippen LogP contribution in [0.1, 0.15) is 24.0 Å². The number of nitrogens with zero attached hydrogens (tertiary/aromatic N) is 4. The monoisotopic (exact) mass is 448 g/mol. The number of piperazine rings is 1. The molecule has 8 heteroatoms. The first-order chi connectivity index (χ1) is 16.0. The van der Waals surface area contributed by atoms with Gasteiger partial charge in [-0.3, -0.25) is 14.4 Å². The van der Waals surface area contributed by atoms with Crippen molar-refractivity contribution < 1.29 is 19.1 Å². The second-order valence-corrected chi connectivity index (χ2v) is 8.18. The fourth-order valence-electron chi connectivity index (χ4n) is 4.05. The fraction of sp³-hybridized carbons (Fsp3) is 0.360. The van der Waals surface area contributed by atoms with Crippen LogP contribution >= 0.6 is 0 Å². The summed E-state index contributed by atoms with van der Waals surface area (Å²) in [5, 5.41) is 5.77. The lowest BCUT2D eigenvalue weighted by Crippen LogP contribution is -2.53. The first-order valence-corrected chi connectivity index (χ1v) is 11.2. The quantitative estimate of drug-likeness (QED) is 0.678. The summed E-state index contributed by atoms with van der Waals surface area (Å²) in [6, 6.07) is 17.1. The lowest BCUT2D eigenvalue weighted by Gasteiger charge is -2.35. The average Bonchev–Trinajstić information content (AvgIpc) is 2.86. The van der Waals surface area contributed by atoms with Crippen molar-refractivity contribution in [2.24, 2.45) is 5.10 Å². The number of methoxy groups -OCH3 is 1. The molecule has 8 nitrogen and oxygen atoms in total. The summed E-state index contributed by atoms with van der Waals surface area (Å²) in [7, 11) is 1.60. The minimum Gasteiger partial charge on any atom is -0.497 e. The third-order valence-electron chi connectivity index (χ3n) is 5.94. The van der Waals surface area contributed by atoms with Crippen LogP contribution in [-0.4, -0.2) is 71.5 Å². The van der Waals surface area contributed by atoms with Crippen molar-refractivity contribution in [2.45, 2.75) is 25.8 Å². The molecule has 33 heavy (non-hydrogen) atoms. The van der Waals surface area contributed by atoms with Gasteiger partial charge in [0.25, 0.3) is 5.91 Å². The molecule has 0 unspecified atom stereocenters. The minimum atomic E-state index is -0.152. The zero-order valence-corrected chi connectivity index (χ0v) is 18.8. The molecule has 0 aromatic heterocycles. The second kappa shape index (κ2) is 10.3. The van der Waals surface area contributed by atoms with Crippen molar-refractivity contribution in [1.82, 2.24) is 14.8 Å². The SMILES string of the molecule is COc1cccc(CC(=O)N2CCN(C(=O)C3=NN(Cc4ccccc4)C(=O)CC3)CC2)c1. The van der Waals surface area contributed by atoms with Gasteiger partial charge in [0, 0.05) is 39.0 Å². The predicted octanol–water partition coefficient (Wildman–Crippen LogP) is 2.09.